The summed E-state index contributed by atoms with van der Waals surface area (Å²) in [5.74, 6) is -0.966. The number of aromatic hydroxyl groups is 1. The lowest BCUT2D eigenvalue weighted by Crippen LogP contribution is -2.14. The van der Waals surface area contributed by atoms with Gasteiger partial charge in [0.1, 0.15) is 0 Å². The Labute approximate surface area is 101 Å². The molecule has 6 heteroatoms. The van der Waals surface area contributed by atoms with Crippen molar-refractivity contribution in [1.82, 2.24) is 10.3 Å². The Morgan fingerprint density at radius 2 is 2.24 bits per heavy atom. The van der Waals surface area contributed by atoms with Gasteiger partial charge in [-0.25, -0.2) is 4.39 Å². The van der Waals surface area contributed by atoms with Crippen molar-refractivity contribution in [2.75, 3.05) is 0 Å². The van der Waals surface area contributed by atoms with E-state index in [1.165, 1.54) is 6.07 Å². The molecule has 0 saturated heterocycles. The number of hydrogen-bond acceptors (Lipinski definition) is 4. The predicted molar refractivity (Wildman–Crippen MR) is 63.5 cm³/mol. The quantitative estimate of drug-likeness (QED) is 0.776. The molecule has 4 nitrogen and oxygen atoms in total. The largest absolute Gasteiger partial charge is 0.505 e. The van der Waals surface area contributed by atoms with Crippen LogP contribution in [0.3, 0.4) is 0 Å². The highest BCUT2D eigenvalue weighted by atomic mass is 32.1. The molecule has 0 unspecified atom stereocenters. The Balaban J connectivity index is 1.94. The van der Waals surface area contributed by atoms with Crippen molar-refractivity contribution in [1.29, 1.82) is 0 Å². The zero-order valence-electron chi connectivity index (χ0n) is 8.87. The highest BCUT2D eigenvalue weighted by Crippen LogP contribution is 2.20. The Hall–Kier alpha value is -1.66. The van der Waals surface area contributed by atoms with Crippen LogP contribution in [0.1, 0.15) is 11.3 Å². The van der Waals surface area contributed by atoms with E-state index in [-0.39, 0.29) is 10.6 Å². The molecule has 17 heavy (non-hydrogen) atoms. The fourth-order valence-corrected chi connectivity index (χ4v) is 2.02. The first-order valence-corrected chi connectivity index (χ1v) is 5.88. The van der Waals surface area contributed by atoms with E-state index in [1.54, 1.807) is 17.5 Å². The maximum Gasteiger partial charge on any atom is 0.304 e. The first-order valence-electron chi connectivity index (χ1n) is 5.00. The average Bonchev–Trinajstić information content (AvgIpc) is 2.70. The third kappa shape index (κ3) is 2.92. The molecule has 1 heterocycles. The molecule has 0 atom stereocenters. The lowest BCUT2D eigenvalue weighted by atomic mass is 10.2. The number of benzene rings is 1. The van der Waals surface area contributed by atoms with Crippen LogP contribution in [0.2, 0.25) is 0 Å². The summed E-state index contributed by atoms with van der Waals surface area (Å²) in [6.45, 7) is 0.802. The Bertz CT molecular complexity index is 565. The van der Waals surface area contributed by atoms with Crippen LogP contribution in [0.15, 0.2) is 28.4 Å². The van der Waals surface area contributed by atoms with Crippen LogP contribution in [-0.2, 0) is 13.1 Å². The summed E-state index contributed by atoms with van der Waals surface area (Å²) in [6, 6.07) is 4.38. The van der Waals surface area contributed by atoms with E-state index in [2.05, 4.69) is 10.3 Å². The molecule has 0 radical (unpaired) electrons. The van der Waals surface area contributed by atoms with Gasteiger partial charge in [0, 0.05) is 29.7 Å². The fraction of sp³-hybridized carbons (Fsp3) is 0.182. The molecule has 0 spiro atoms. The molecule has 2 aromatic rings. The molecule has 0 aliphatic heterocycles. The van der Waals surface area contributed by atoms with E-state index in [0.717, 1.165) is 17.0 Å². The number of rotatable bonds is 4. The molecule has 0 fully saturated rings. The number of phenols is 1. The zero-order chi connectivity index (χ0) is 12.3. The molecule has 0 saturated carbocycles. The average molecular weight is 254 g/mol. The molecule has 3 N–H and O–H groups in total. The summed E-state index contributed by atoms with van der Waals surface area (Å²) in [6.07, 6.45) is 0. The molecule has 90 valence electrons. The standard InChI is InChI=1S/C11H11FN2O2S/c12-9-3-1-2-7(10(9)15)4-13-5-8-6-17-11(16)14-8/h1-3,6,13,15H,4-5H2,(H,14,16). The maximum absolute atomic E-state index is 13.0. The first-order chi connectivity index (χ1) is 8.16. The van der Waals surface area contributed by atoms with Crippen LogP contribution in [0.5, 0.6) is 5.75 Å². The zero-order valence-corrected chi connectivity index (χ0v) is 9.68. The van der Waals surface area contributed by atoms with Gasteiger partial charge in [-0.05, 0) is 6.07 Å². The maximum atomic E-state index is 13.0. The Morgan fingerprint density at radius 3 is 2.94 bits per heavy atom. The lowest BCUT2D eigenvalue weighted by Gasteiger charge is -2.06. The second-order valence-corrected chi connectivity index (χ2v) is 4.37. The van der Waals surface area contributed by atoms with Gasteiger partial charge in [0.15, 0.2) is 11.6 Å². The number of hydrogen-bond donors (Lipinski definition) is 3. The van der Waals surface area contributed by atoms with Gasteiger partial charge in [0.2, 0.25) is 0 Å². The SMILES string of the molecule is O=c1[nH]c(CNCc2cccc(F)c2O)cs1. The molecule has 0 amide bonds. The van der Waals surface area contributed by atoms with Crippen molar-refractivity contribution in [3.63, 3.8) is 0 Å². The van der Waals surface area contributed by atoms with Crippen LogP contribution in [0.4, 0.5) is 4.39 Å². The normalized spacial score (nSPS) is 10.6. The second kappa shape index (κ2) is 5.11. The van der Waals surface area contributed by atoms with E-state index in [4.69, 9.17) is 0 Å². The highest BCUT2D eigenvalue weighted by Gasteiger charge is 2.05. The van der Waals surface area contributed by atoms with Crippen LogP contribution in [0, 0.1) is 5.82 Å². The monoisotopic (exact) mass is 254 g/mol. The van der Waals surface area contributed by atoms with Crippen LogP contribution in [0.25, 0.3) is 0 Å². The minimum atomic E-state index is -0.631. The summed E-state index contributed by atoms with van der Waals surface area (Å²) < 4.78 is 13.0. The number of para-hydroxylation sites is 1. The smallest absolute Gasteiger partial charge is 0.304 e. The number of halogens is 1. The summed E-state index contributed by atoms with van der Waals surface area (Å²) in [7, 11) is 0. The second-order valence-electron chi connectivity index (χ2n) is 3.52. The summed E-state index contributed by atoms with van der Waals surface area (Å²) in [4.78, 5) is 13.4. The van der Waals surface area contributed by atoms with Gasteiger partial charge in [-0.1, -0.05) is 23.5 Å². The summed E-state index contributed by atoms with van der Waals surface area (Å²) in [5, 5.41) is 14.2. The molecule has 1 aromatic heterocycles. The van der Waals surface area contributed by atoms with E-state index in [9.17, 15) is 14.3 Å². The summed E-state index contributed by atoms with van der Waals surface area (Å²) >= 11 is 1.10. The topological polar surface area (TPSA) is 65.1 Å². The van der Waals surface area contributed by atoms with Gasteiger partial charge in [-0.2, -0.15) is 0 Å². The van der Waals surface area contributed by atoms with Gasteiger partial charge in [-0.3, -0.25) is 4.79 Å². The minimum Gasteiger partial charge on any atom is -0.505 e. The predicted octanol–water partition coefficient (Wildman–Crippen LogP) is 1.57. The number of thiazole rings is 1. The van der Waals surface area contributed by atoms with E-state index >= 15 is 0 Å². The number of phenolic OH excluding ortho intramolecular Hbond substituents is 1. The number of aromatic amines is 1. The van der Waals surface area contributed by atoms with Crippen molar-refractivity contribution in [2.24, 2.45) is 0 Å². The van der Waals surface area contributed by atoms with Gasteiger partial charge < -0.3 is 15.4 Å². The fourth-order valence-electron chi connectivity index (χ4n) is 1.44. The molecular weight excluding hydrogens is 243 g/mol. The van der Waals surface area contributed by atoms with Crippen molar-refractivity contribution in [3.05, 3.63) is 50.3 Å². The summed E-state index contributed by atoms with van der Waals surface area (Å²) in [5.41, 5.74) is 1.26. The third-order valence-corrected chi connectivity index (χ3v) is 2.99. The van der Waals surface area contributed by atoms with Crippen LogP contribution in [-0.4, -0.2) is 10.1 Å². The van der Waals surface area contributed by atoms with Crippen LogP contribution < -0.4 is 10.2 Å². The van der Waals surface area contributed by atoms with Gasteiger partial charge in [0.25, 0.3) is 0 Å². The van der Waals surface area contributed by atoms with Gasteiger partial charge in [-0.15, -0.1) is 0 Å². The van der Waals surface area contributed by atoms with Crippen LogP contribution >= 0.6 is 11.3 Å². The highest BCUT2D eigenvalue weighted by molar-refractivity contribution is 7.07. The van der Waals surface area contributed by atoms with E-state index in [1.807, 2.05) is 0 Å². The number of aromatic nitrogens is 1. The van der Waals surface area contributed by atoms with Crippen molar-refractivity contribution < 1.29 is 9.50 Å². The minimum absolute atomic E-state index is 0.101. The van der Waals surface area contributed by atoms with E-state index < -0.39 is 5.82 Å². The van der Waals surface area contributed by atoms with Crippen molar-refractivity contribution in [2.45, 2.75) is 13.1 Å². The molecule has 0 aliphatic carbocycles. The third-order valence-electron chi connectivity index (χ3n) is 2.27. The van der Waals surface area contributed by atoms with Crippen molar-refractivity contribution >= 4 is 11.3 Å². The molecule has 0 aliphatic rings. The molecule has 2 rings (SSSR count). The Kier molecular flexibility index (Phi) is 3.55. The molecule has 1 aromatic carbocycles. The first kappa shape index (κ1) is 11.8. The number of H-pyrrole nitrogens is 1. The van der Waals surface area contributed by atoms with Gasteiger partial charge >= 0.3 is 4.87 Å². The number of nitrogens with one attached hydrogen (secondary N) is 2. The molecule has 0 bridgehead atoms. The van der Waals surface area contributed by atoms with E-state index in [0.29, 0.717) is 18.7 Å². The Morgan fingerprint density at radius 1 is 1.41 bits per heavy atom. The lowest BCUT2D eigenvalue weighted by molar-refractivity contribution is 0.423. The van der Waals surface area contributed by atoms with Gasteiger partial charge in [0.05, 0.1) is 0 Å². The van der Waals surface area contributed by atoms with Crippen molar-refractivity contribution in [3.8, 4) is 5.75 Å². The molecular formula is C11H11FN2O2S.